The SMILES string of the molecule is COc1cccc(CC2(C(N)=O)CN(C(C)COc3ccccc3)C2)c1. The number of carbonyl (C=O) groups excluding carboxylic acids is 1. The highest BCUT2D eigenvalue weighted by Crippen LogP contribution is 2.36. The molecule has 1 aliphatic heterocycles. The number of hydrogen-bond donors (Lipinski definition) is 1. The molecule has 0 spiro atoms. The third kappa shape index (κ3) is 3.99. The minimum Gasteiger partial charge on any atom is -0.497 e. The van der Waals surface area contributed by atoms with Crippen molar-refractivity contribution >= 4 is 5.91 Å². The molecule has 1 saturated heterocycles. The van der Waals surface area contributed by atoms with E-state index in [4.69, 9.17) is 15.2 Å². The number of rotatable bonds is 8. The van der Waals surface area contributed by atoms with Gasteiger partial charge in [-0.3, -0.25) is 9.69 Å². The van der Waals surface area contributed by atoms with Crippen molar-refractivity contribution in [3.05, 3.63) is 60.2 Å². The van der Waals surface area contributed by atoms with E-state index >= 15 is 0 Å². The maximum Gasteiger partial charge on any atom is 0.226 e. The van der Waals surface area contributed by atoms with E-state index in [0.29, 0.717) is 26.1 Å². The summed E-state index contributed by atoms with van der Waals surface area (Å²) in [6, 6.07) is 17.8. The van der Waals surface area contributed by atoms with Crippen molar-refractivity contribution < 1.29 is 14.3 Å². The lowest BCUT2D eigenvalue weighted by atomic mass is 9.73. The van der Waals surface area contributed by atoms with Gasteiger partial charge in [0.05, 0.1) is 12.5 Å². The Bertz CT molecular complexity index is 742. The Kier molecular flexibility index (Phi) is 5.47. The zero-order valence-corrected chi connectivity index (χ0v) is 15.4. The van der Waals surface area contributed by atoms with Crippen molar-refractivity contribution in [2.24, 2.45) is 11.1 Å². The van der Waals surface area contributed by atoms with Gasteiger partial charge in [0.2, 0.25) is 5.91 Å². The standard InChI is InChI=1S/C21H26N2O3/c1-16(13-26-18-8-4-3-5-9-18)23-14-21(15-23,20(22)24)12-17-7-6-10-19(11-17)25-2/h3-11,16H,12-15H2,1-2H3,(H2,22,24). The summed E-state index contributed by atoms with van der Waals surface area (Å²) in [6.07, 6.45) is 0.627. The van der Waals surface area contributed by atoms with E-state index < -0.39 is 5.41 Å². The van der Waals surface area contributed by atoms with E-state index in [-0.39, 0.29) is 11.9 Å². The number of nitrogens with two attached hydrogens (primary N) is 1. The lowest BCUT2D eigenvalue weighted by Gasteiger charge is -2.50. The van der Waals surface area contributed by atoms with Crippen LogP contribution in [0.1, 0.15) is 12.5 Å². The molecule has 0 radical (unpaired) electrons. The van der Waals surface area contributed by atoms with Gasteiger partial charge in [-0.2, -0.15) is 0 Å². The number of carbonyl (C=O) groups is 1. The molecule has 2 aromatic carbocycles. The topological polar surface area (TPSA) is 64.8 Å². The zero-order valence-electron chi connectivity index (χ0n) is 15.4. The number of nitrogens with zero attached hydrogens (tertiary/aromatic N) is 1. The maximum absolute atomic E-state index is 12.1. The van der Waals surface area contributed by atoms with Crippen molar-refractivity contribution in [1.29, 1.82) is 0 Å². The molecule has 1 unspecified atom stereocenters. The van der Waals surface area contributed by atoms with Gasteiger partial charge in [0, 0.05) is 19.1 Å². The zero-order chi connectivity index (χ0) is 18.6. The molecule has 5 nitrogen and oxygen atoms in total. The molecular formula is C21H26N2O3. The first-order chi connectivity index (χ1) is 12.5. The summed E-state index contributed by atoms with van der Waals surface area (Å²) < 4.78 is 11.1. The van der Waals surface area contributed by atoms with Crippen molar-refractivity contribution in [1.82, 2.24) is 4.90 Å². The molecule has 0 aromatic heterocycles. The Balaban J connectivity index is 1.58. The molecule has 0 aliphatic carbocycles. The van der Waals surface area contributed by atoms with E-state index in [1.807, 2.05) is 54.6 Å². The predicted molar refractivity (Wildman–Crippen MR) is 101 cm³/mol. The molecule has 3 rings (SSSR count). The first-order valence-electron chi connectivity index (χ1n) is 8.87. The van der Waals surface area contributed by atoms with E-state index in [1.54, 1.807) is 7.11 Å². The second-order valence-corrected chi connectivity index (χ2v) is 7.05. The first-order valence-corrected chi connectivity index (χ1v) is 8.87. The van der Waals surface area contributed by atoms with E-state index in [0.717, 1.165) is 17.1 Å². The fourth-order valence-corrected chi connectivity index (χ4v) is 3.41. The first kappa shape index (κ1) is 18.3. The molecule has 26 heavy (non-hydrogen) atoms. The number of methoxy groups -OCH3 is 1. The summed E-state index contributed by atoms with van der Waals surface area (Å²) in [5.74, 6) is 1.41. The van der Waals surface area contributed by atoms with Crippen LogP contribution in [-0.2, 0) is 11.2 Å². The highest BCUT2D eigenvalue weighted by atomic mass is 16.5. The predicted octanol–water partition coefficient (Wildman–Crippen LogP) is 2.49. The summed E-state index contributed by atoms with van der Waals surface area (Å²) in [7, 11) is 1.64. The van der Waals surface area contributed by atoms with Crippen LogP contribution in [-0.4, -0.2) is 43.7 Å². The molecule has 0 saturated carbocycles. The van der Waals surface area contributed by atoms with E-state index in [2.05, 4.69) is 11.8 Å². The molecule has 1 heterocycles. The smallest absolute Gasteiger partial charge is 0.226 e. The Labute approximate surface area is 154 Å². The second-order valence-electron chi connectivity index (χ2n) is 7.05. The van der Waals surface area contributed by atoms with Gasteiger partial charge in [-0.25, -0.2) is 0 Å². The van der Waals surface area contributed by atoms with Crippen LogP contribution >= 0.6 is 0 Å². The number of likely N-dealkylation sites (tertiary alicyclic amines) is 1. The summed E-state index contributed by atoms with van der Waals surface area (Å²) >= 11 is 0. The Morgan fingerprint density at radius 1 is 1.15 bits per heavy atom. The highest BCUT2D eigenvalue weighted by molar-refractivity contribution is 5.83. The summed E-state index contributed by atoms with van der Waals surface area (Å²) in [5, 5.41) is 0. The van der Waals surface area contributed by atoms with Crippen LogP contribution in [0.25, 0.3) is 0 Å². The van der Waals surface area contributed by atoms with Gasteiger partial charge in [0.25, 0.3) is 0 Å². The molecule has 1 aliphatic rings. The van der Waals surface area contributed by atoms with Crippen molar-refractivity contribution in [3.63, 3.8) is 0 Å². The molecule has 5 heteroatoms. The van der Waals surface area contributed by atoms with Crippen LogP contribution in [0.5, 0.6) is 11.5 Å². The van der Waals surface area contributed by atoms with Gasteiger partial charge in [-0.05, 0) is 43.2 Å². The Hall–Kier alpha value is -2.53. The molecule has 1 fully saturated rings. The number of ether oxygens (including phenoxy) is 2. The van der Waals surface area contributed by atoms with Crippen LogP contribution < -0.4 is 15.2 Å². The largest absolute Gasteiger partial charge is 0.497 e. The highest BCUT2D eigenvalue weighted by Gasteiger charge is 2.49. The molecule has 1 amide bonds. The lowest BCUT2D eigenvalue weighted by molar-refractivity contribution is -0.141. The number of amides is 1. The minimum absolute atomic E-state index is 0.216. The molecule has 138 valence electrons. The van der Waals surface area contributed by atoms with E-state index in [1.165, 1.54) is 0 Å². The molecular weight excluding hydrogens is 328 g/mol. The third-order valence-electron chi connectivity index (χ3n) is 5.07. The van der Waals surface area contributed by atoms with Crippen LogP contribution in [0.2, 0.25) is 0 Å². The summed E-state index contributed by atoms with van der Waals surface area (Å²) in [4.78, 5) is 14.4. The van der Waals surface area contributed by atoms with Crippen LogP contribution in [0.4, 0.5) is 0 Å². The molecule has 0 bridgehead atoms. The van der Waals surface area contributed by atoms with Gasteiger partial charge >= 0.3 is 0 Å². The average Bonchev–Trinajstić information content (AvgIpc) is 2.63. The molecule has 2 N–H and O–H groups in total. The van der Waals surface area contributed by atoms with Gasteiger partial charge in [0.1, 0.15) is 18.1 Å². The average molecular weight is 354 g/mol. The van der Waals surface area contributed by atoms with Gasteiger partial charge < -0.3 is 15.2 Å². The van der Waals surface area contributed by atoms with Crippen LogP contribution in [0.3, 0.4) is 0 Å². The second kappa shape index (κ2) is 7.79. The molecule has 1 atom stereocenters. The fraction of sp³-hybridized carbons (Fsp3) is 0.381. The van der Waals surface area contributed by atoms with Crippen molar-refractivity contribution in [2.45, 2.75) is 19.4 Å². The minimum atomic E-state index is -0.520. The Morgan fingerprint density at radius 3 is 2.50 bits per heavy atom. The number of hydrogen-bond acceptors (Lipinski definition) is 4. The van der Waals surface area contributed by atoms with Crippen molar-refractivity contribution in [3.8, 4) is 11.5 Å². The summed E-state index contributed by atoms with van der Waals surface area (Å²) in [6.45, 7) is 4.00. The number of para-hydroxylation sites is 1. The quantitative estimate of drug-likeness (QED) is 0.791. The van der Waals surface area contributed by atoms with Gasteiger partial charge in [-0.1, -0.05) is 30.3 Å². The van der Waals surface area contributed by atoms with Crippen LogP contribution in [0, 0.1) is 5.41 Å². The Morgan fingerprint density at radius 2 is 1.85 bits per heavy atom. The number of benzene rings is 2. The van der Waals surface area contributed by atoms with E-state index in [9.17, 15) is 4.79 Å². The maximum atomic E-state index is 12.1. The number of primary amides is 1. The normalized spacial score (nSPS) is 17.2. The monoisotopic (exact) mass is 354 g/mol. The van der Waals surface area contributed by atoms with Crippen LogP contribution in [0.15, 0.2) is 54.6 Å². The van der Waals surface area contributed by atoms with Gasteiger partial charge in [-0.15, -0.1) is 0 Å². The van der Waals surface area contributed by atoms with Gasteiger partial charge in [0.15, 0.2) is 0 Å². The lowest BCUT2D eigenvalue weighted by Crippen LogP contribution is -2.66. The summed E-state index contributed by atoms with van der Waals surface area (Å²) in [5.41, 5.74) is 6.30. The van der Waals surface area contributed by atoms with Crippen molar-refractivity contribution in [2.75, 3.05) is 26.8 Å². The molecule has 2 aromatic rings. The fourth-order valence-electron chi connectivity index (χ4n) is 3.41. The third-order valence-corrected chi connectivity index (χ3v) is 5.07.